The lowest BCUT2D eigenvalue weighted by atomic mass is 9.83. The second-order valence-electron chi connectivity index (χ2n) is 4.36. The molecule has 1 N–H and O–H groups in total. The van der Waals surface area contributed by atoms with Crippen molar-refractivity contribution in [2.75, 3.05) is 0 Å². The molecule has 0 aliphatic heterocycles. The average molecular weight is 211 g/mol. The van der Waals surface area contributed by atoms with Crippen molar-refractivity contribution >= 4 is 11.5 Å². The van der Waals surface area contributed by atoms with Gasteiger partial charge in [0.1, 0.15) is 0 Å². The molecule has 0 bridgehead atoms. The molecule has 1 heterocycles. The lowest BCUT2D eigenvalue weighted by Crippen LogP contribution is -2.43. The Labute approximate surface area is 89.1 Å². The molecule has 0 unspecified atom stereocenters. The summed E-state index contributed by atoms with van der Waals surface area (Å²) in [4.78, 5) is 1.23. The van der Waals surface area contributed by atoms with Crippen molar-refractivity contribution in [3.8, 4) is 0 Å². The standard InChI is InChI=1S/C10H17N3S/c1-10(5-3-2-4-6-10)11-7-9-8-12-13-14-9/h8,11H,2-7H2,1H3. The fourth-order valence-corrected chi connectivity index (χ4v) is 2.51. The zero-order valence-electron chi connectivity index (χ0n) is 8.62. The van der Waals surface area contributed by atoms with Crippen LogP contribution in [-0.4, -0.2) is 15.1 Å². The van der Waals surface area contributed by atoms with Crippen LogP contribution in [-0.2, 0) is 6.54 Å². The predicted molar refractivity (Wildman–Crippen MR) is 58.2 cm³/mol. The van der Waals surface area contributed by atoms with Crippen molar-refractivity contribution in [1.29, 1.82) is 0 Å². The molecule has 1 aliphatic carbocycles. The van der Waals surface area contributed by atoms with Gasteiger partial charge in [-0.3, -0.25) is 0 Å². The van der Waals surface area contributed by atoms with E-state index >= 15 is 0 Å². The van der Waals surface area contributed by atoms with Gasteiger partial charge in [-0.15, -0.1) is 5.10 Å². The van der Waals surface area contributed by atoms with Gasteiger partial charge in [0, 0.05) is 12.1 Å². The molecule has 0 atom stereocenters. The van der Waals surface area contributed by atoms with Gasteiger partial charge in [0.2, 0.25) is 0 Å². The average Bonchev–Trinajstić information content (AvgIpc) is 2.69. The smallest absolute Gasteiger partial charge is 0.0666 e. The van der Waals surface area contributed by atoms with E-state index in [4.69, 9.17) is 0 Å². The van der Waals surface area contributed by atoms with E-state index in [-0.39, 0.29) is 0 Å². The fourth-order valence-electron chi connectivity index (χ4n) is 2.07. The molecule has 1 aromatic heterocycles. The Bertz CT molecular complexity index is 265. The molecular weight excluding hydrogens is 194 g/mol. The minimum atomic E-state index is 0.349. The van der Waals surface area contributed by atoms with Crippen LogP contribution in [0, 0.1) is 0 Å². The first-order valence-corrected chi connectivity index (χ1v) is 6.07. The van der Waals surface area contributed by atoms with Crippen LogP contribution in [0.4, 0.5) is 0 Å². The Morgan fingerprint density at radius 1 is 1.43 bits per heavy atom. The third-order valence-corrected chi connectivity index (χ3v) is 3.71. The van der Waals surface area contributed by atoms with Crippen molar-refractivity contribution < 1.29 is 0 Å². The zero-order chi connectivity index (χ0) is 9.86. The molecule has 0 radical (unpaired) electrons. The van der Waals surface area contributed by atoms with Gasteiger partial charge >= 0.3 is 0 Å². The number of hydrogen-bond acceptors (Lipinski definition) is 4. The molecule has 1 fully saturated rings. The summed E-state index contributed by atoms with van der Waals surface area (Å²) >= 11 is 1.49. The normalized spacial score (nSPS) is 20.9. The van der Waals surface area contributed by atoms with Crippen LogP contribution >= 0.6 is 11.5 Å². The molecular formula is C10H17N3S. The van der Waals surface area contributed by atoms with E-state index in [1.807, 2.05) is 6.20 Å². The number of aromatic nitrogens is 2. The van der Waals surface area contributed by atoms with E-state index in [9.17, 15) is 0 Å². The quantitative estimate of drug-likeness (QED) is 0.834. The largest absolute Gasteiger partial charge is 0.307 e. The molecule has 2 rings (SSSR count). The summed E-state index contributed by atoms with van der Waals surface area (Å²) in [5, 5.41) is 7.47. The summed E-state index contributed by atoms with van der Waals surface area (Å²) in [5.74, 6) is 0. The van der Waals surface area contributed by atoms with E-state index in [2.05, 4.69) is 21.8 Å². The first-order valence-electron chi connectivity index (χ1n) is 5.30. The number of nitrogens with one attached hydrogen (secondary N) is 1. The van der Waals surface area contributed by atoms with Crippen LogP contribution in [0.15, 0.2) is 6.20 Å². The molecule has 0 spiro atoms. The van der Waals surface area contributed by atoms with Crippen molar-refractivity contribution in [2.45, 2.75) is 51.1 Å². The maximum absolute atomic E-state index is 3.86. The summed E-state index contributed by atoms with van der Waals surface area (Å²) < 4.78 is 3.86. The Morgan fingerprint density at radius 2 is 2.21 bits per heavy atom. The molecule has 4 heteroatoms. The van der Waals surface area contributed by atoms with Gasteiger partial charge in [0.25, 0.3) is 0 Å². The van der Waals surface area contributed by atoms with Gasteiger partial charge in [0.15, 0.2) is 0 Å². The molecule has 0 amide bonds. The minimum absolute atomic E-state index is 0.349. The van der Waals surface area contributed by atoms with Gasteiger partial charge in [-0.05, 0) is 31.3 Å². The Morgan fingerprint density at radius 3 is 2.86 bits per heavy atom. The van der Waals surface area contributed by atoms with Crippen LogP contribution in [0.25, 0.3) is 0 Å². The van der Waals surface area contributed by atoms with Crippen molar-refractivity contribution in [1.82, 2.24) is 14.9 Å². The summed E-state index contributed by atoms with van der Waals surface area (Å²) in [6, 6.07) is 0. The Balaban J connectivity index is 1.84. The first-order chi connectivity index (χ1) is 6.79. The molecule has 0 aromatic carbocycles. The van der Waals surface area contributed by atoms with Gasteiger partial charge in [-0.25, -0.2) is 0 Å². The SMILES string of the molecule is CC1(NCc2cnns2)CCCCC1. The highest BCUT2D eigenvalue weighted by Crippen LogP contribution is 2.27. The van der Waals surface area contributed by atoms with E-state index in [1.165, 1.54) is 48.5 Å². The van der Waals surface area contributed by atoms with Crippen molar-refractivity contribution in [2.24, 2.45) is 0 Å². The highest BCUT2D eigenvalue weighted by Gasteiger charge is 2.25. The van der Waals surface area contributed by atoms with Crippen LogP contribution in [0.1, 0.15) is 43.9 Å². The number of nitrogens with zero attached hydrogens (tertiary/aromatic N) is 2. The highest BCUT2D eigenvalue weighted by atomic mass is 32.1. The van der Waals surface area contributed by atoms with Crippen LogP contribution in [0.3, 0.4) is 0 Å². The van der Waals surface area contributed by atoms with Gasteiger partial charge < -0.3 is 5.32 Å². The summed E-state index contributed by atoms with van der Waals surface area (Å²) in [6.07, 6.45) is 8.59. The molecule has 78 valence electrons. The molecule has 14 heavy (non-hydrogen) atoms. The topological polar surface area (TPSA) is 37.8 Å². The lowest BCUT2D eigenvalue weighted by Gasteiger charge is -2.34. The molecule has 3 nitrogen and oxygen atoms in total. The van der Waals surface area contributed by atoms with E-state index in [0.29, 0.717) is 5.54 Å². The second kappa shape index (κ2) is 4.36. The maximum Gasteiger partial charge on any atom is 0.0666 e. The highest BCUT2D eigenvalue weighted by molar-refractivity contribution is 7.05. The zero-order valence-corrected chi connectivity index (χ0v) is 9.44. The van der Waals surface area contributed by atoms with Crippen LogP contribution in [0.2, 0.25) is 0 Å². The minimum Gasteiger partial charge on any atom is -0.307 e. The van der Waals surface area contributed by atoms with Crippen molar-refractivity contribution in [3.63, 3.8) is 0 Å². The number of hydrogen-bond donors (Lipinski definition) is 1. The third kappa shape index (κ3) is 2.51. The molecule has 0 saturated heterocycles. The van der Waals surface area contributed by atoms with E-state index < -0.39 is 0 Å². The Hall–Kier alpha value is -0.480. The number of rotatable bonds is 3. The maximum atomic E-state index is 3.86. The molecule has 1 saturated carbocycles. The van der Waals surface area contributed by atoms with E-state index in [1.54, 1.807) is 0 Å². The predicted octanol–water partition coefficient (Wildman–Crippen LogP) is 2.35. The second-order valence-corrected chi connectivity index (χ2v) is 5.23. The monoisotopic (exact) mass is 211 g/mol. The van der Waals surface area contributed by atoms with Gasteiger partial charge in [-0.1, -0.05) is 23.8 Å². The molecule has 1 aliphatic rings. The summed E-state index contributed by atoms with van der Waals surface area (Å²) in [5.41, 5.74) is 0.349. The third-order valence-electron chi connectivity index (χ3n) is 3.05. The van der Waals surface area contributed by atoms with Crippen molar-refractivity contribution in [3.05, 3.63) is 11.1 Å². The first kappa shape index (κ1) is 10.1. The summed E-state index contributed by atoms with van der Waals surface area (Å²) in [6.45, 7) is 3.26. The summed E-state index contributed by atoms with van der Waals surface area (Å²) in [7, 11) is 0. The Kier molecular flexibility index (Phi) is 3.13. The van der Waals surface area contributed by atoms with Crippen LogP contribution in [0.5, 0.6) is 0 Å². The van der Waals surface area contributed by atoms with E-state index in [0.717, 1.165) is 6.54 Å². The van der Waals surface area contributed by atoms with Crippen LogP contribution < -0.4 is 5.32 Å². The lowest BCUT2D eigenvalue weighted by molar-refractivity contribution is 0.253. The molecule has 1 aromatic rings. The fraction of sp³-hybridized carbons (Fsp3) is 0.800. The van der Waals surface area contributed by atoms with Gasteiger partial charge in [-0.2, -0.15) is 0 Å². The van der Waals surface area contributed by atoms with Gasteiger partial charge in [0.05, 0.1) is 11.1 Å².